The van der Waals surface area contributed by atoms with E-state index in [1.54, 1.807) is 0 Å². The summed E-state index contributed by atoms with van der Waals surface area (Å²) in [5.74, 6) is 0.538. The van der Waals surface area contributed by atoms with Gasteiger partial charge in [-0.3, -0.25) is 9.59 Å². The van der Waals surface area contributed by atoms with Crippen LogP contribution in [-0.4, -0.2) is 44.8 Å². The van der Waals surface area contributed by atoms with E-state index in [4.69, 9.17) is 0 Å². The highest BCUT2D eigenvalue weighted by Crippen LogP contribution is 2.36. The summed E-state index contributed by atoms with van der Waals surface area (Å²) in [5, 5.41) is 0. The van der Waals surface area contributed by atoms with Gasteiger partial charge in [0.15, 0.2) is 0 Å². The lowest BCUT2D eigenvalue weighted by Crippen LogP contribution is -2.45. The molecule has 0 radical (unpaired) electrons. The SMILES string of the molecule is Cn1cccc1CN(C(=O)CN(C(=O)C1CC1)C1CC1)C1CC1. The Kier molecular flexibility index (Phi) is 3.66. The largest absolute Gasteiger partial charge is 0.353 e. The Hall–Kier alpha value is -1.78. The van der Waals surface area contributed by atoms with Gasteiger partial charge in [0.25, 0.3) is 0 Å². The Labute approximate surface area is 137 Å². The minimum Gasteiger partial charge on any atom is -0.353 e. The molecule has 124 valence electrons. The minimum absolute atomic E-state index is 0.120. The van der Waals surface area contributed by atoms with E-state index in [0.29, 0.717) is 18.6 Å². The molecular formula is C18H25N3O2. The molecule has 3 aliphatic carbocycles. The third-order valence-corrected chi connectivity index (χ3v) is 5.19. The molecule has 0 atom stereocenters. The van der Waals surface area contributed by atoms with Crippen LogP contribution in [0.5, 0.6) is 0 Å². The van der Waals surface area contributed by atoms with Crippen molar-refractivity contribution in [2.45, 2.75) is 57.2 Å². The molecule has 1 heterocycles. The van der Waals surface area contributed by atoms with Gasteiger partial charge in [0.05, 0.1) is 6.54 Å². The predicted molar refractivity (Wildman–Crippen MR) is 86.4 cm³/mol. The monoisotopic (exact) mass is 315 g/mol. The summed E-state index contributed by atoms with van der Waals surface area (Å²) in [6.45, 7) is 0.935. The number of amides is 2. The van der Waals surface area contributed by atoms with Crippen LogP contribution in [0.1, 0.15) is 44.2 Å². The first kappa shape index (κ1) is 14.8. The summed E-state index contributed by atoms with van der Waals surface area (Å²) in [5.41, 5.74) is 1.15. The molecule has 0 N–H and O–H groups in total. The Bertz CT molecular complexity index is 612. The number of rotatable bonds is 7. The van der Waals surface area contributed by atoms with Gasteiger partial charge in [-0.05, 0) is 50.7 Å². The average Bonchev–Trinajstić information content (AvgIpc) is 3.36. The number of aryl methyl sites for hydroxylation is 1. The van der Waals surface area contributed by atoms with Crippen molar-refractivity contribution in [1.82, 2.24) is 14.4 Å². The molecule has 5 heteroatoms. The molecule has 3 saturated carbocycles. The van der Waals surface area contributed by atoms with E-state index in [1.165, 1.54) is 0 Å². The highest BCUT2D eigenvalue weighted by atomic mass is 16.2. The zero-order valence-electron chi connectivity index (χ0n) is 13.8. The molecule has 1 aromatic rings. The summed E-state index contributed by atoms with van der Waals surface area (Å²) >= 11 is 0. The summed E-state index contributed by atoms with van der Waals surface area (Å²) < 4.78 is 2.07. The smallest absolute Gasteiger partial charge is 0.242 e. The quantitative estimate of drug-likeness (QED) is 0.772. The predicted octanol–water partition coefficient (Wildman–Crippen LogP) is 1.92. The maximum Gasteiger partial charge on any atom is 0.242 e. The average molecular weight is 315 g/mol. The maximum atomic E-state index is 12.9. The first-order valence-electron chi connectivity index (χ1n) is 8.83. The molecule has 0 aromatic carbocycles. The van der Waals surface area contributed by atoms with E-state index >= 15 is 0 Å². The van der Waals surface area contributed by atoms with Crippen LogP contribution in [0.4, 0.5) is 0 Å². The van der Waals surface area contributed by atoms with Crippen LogP contribution in [0.25, 0.3) is 0 Å². The lowest BCUT2D eigenvalue weighted by molar-refractivity contribution is -0.142. The van der Waals surface area contributed by atoms with Gasteiger partial charge in [-0.25, -0.2) is 0 Å². The standard InChI is InChI=1S/C18H25N3O2/c1-19-10-2-3-16(19)11-20(14-6-7-14)17(22)12-21(15-8-9-15)18(23)13-4-5-13/h2-3,10,13-15H,4-9,11-12H2,1H3. The highest BCUT2D eigenvalue weighted by Gasteiger charge is 2.42. The number of carbonyl (C=O) groups is 2. The van der Waals surface area contributed by atoms with Crippen molar-refractivity contribution in [2.24, 2.45) is 13.0 Å². The number of aromatic nitrogens is 1. The summed E-state index contributed by atoms with van der Waals surface area (Å²) in [6, 6.07) is 4.77. The molecule has 0 spiro atoms. The normalized spacial score (nSPS) is 20.4. The maximum absolute atomic E-state index is 12.9. The zero-order valence-corrected chi connectivity index (χ0v) is 13.8. The lowest BCUT2D eigenvalue weighted by atomic mass is 10.3. The van der Waals surface area contributed by atoms with Crippen molar-refractivity contribution >= 4 is 11.8 Å². The zero-order chi connectivity index (χ0) is 16.0. The molecular weight excluding hydrogens is 290 g/mol. The Morgan fingerprint density at radius 3 is 2.26 bits per heavy atom. The van der Waals surface area contributed by atoms with Crippen LogP contribution in [0.3, 0.4) is 0 Å². The third-order valence-electron chi connectivity index (χ3n) is 5.19. The fourth-order valence-corrected chi connectivity index (χ4v) is 3.22. The first-order valence-corrected chi connectivity index (χ1v) is 8.83. The Balaban J connectivity index is 1.44. The van der Waals surface area contributed by atoms with Crippen LogP contribution in [-0.2, 0) is 23.2 Å². The molecule has 1 aromatic heterocycles. The molecule has 23 heavy (non-hydrogen) atoms. The fourth-order valence-electron chi connectivity index (χ4n) is 3.22. The van der Waals surface area contributed by atoms with Gasteiger partial charge in [0.1, 0.15) is 6.54 Å². The molecule has 0 saturated heterocycles. The van der Waals surface area contributed by atoms with Gasteiger partial charge in [0.2, 0.25) is 11.8 Å². The summed E-state index contributed by atoms with van der Waals surface area (Å²) in [6.07, 6.45) is 8.34. The van der Waals surface area contributed by atoms with Gasteiger partial charge in [0, 0.05) is 36.9 Å². The Morgan fingerprint density at radius 2 is 1.74 bits per heavy atom. The van der Waals surface area contributed by atoms with E-state index in [-0.39, 0.29) is 24.3 Å². The van der Waals surface area contributed by atoms with Crippen LogP contribution in [0.15, 0.2) is 18.3 Å². The number of hydrogen-bond donors (Lipinski definition) is 0. The van der Waals surface area contributed by atoms with E-state index in [0.717, 1.165) is 44.2 Å². The van der Waals surface area contributed by atoms with Gasteiger partial charge in [-0.2, -0.15) is 0 Å². The summed E-state index contributed by atoms with van der Waals surface area (Å²) in [4.78, 5) is 29.2. The molecule has 3 fully saturated rings. The molecule has 2 amide bonds. The molecule has 3 aliphatic rings. The van der Waals surface area contributed by atoms with Crippen molar-refractivity contribution in [3.63, 3.8) is 0 Å². The molecule has 4 rings (SSSR count). The fraction of sp³-hybridized carbons (Fsp3) is 0.667. The van der Waals surface area contributed by atoms with Crippen LogP contribution in [0.2, 0.25) is 0 Å². The second-order valence-corrected chi connectivity index (χ2v) is 7.33. The van der Waals surface area contributed by atoms with Crippen LogP contribution < -0.4 is 0 Å². The number of carbonyl (C=O) groups excluding carboxylic acids is 2. The lowest BCUT2D eigenvalue weighted by Gasteiger charge is -2.28. The molecule has 0 aliphatic heterocycles. The highest BCUT2D eigenvalue weighted by molar-refractivity contribution is 5.87. The van der Waals surface area contributed by atoms with Crippen molar-refractivity contribution in [3.8, 4) is 0 Å². The van der Waals surface area contributed by atoms with Crippen molar-refractivity contribution in [3.05, 3.63) is 24.0 Å². The van der Waals surface area contributed by atoms with Crippen LogP contribution >= 0.6 is 0 Å². The van der Waals surface area contributed by atoms with Gasteiger partial charge < -0.3 is 14.4 Å². The van der Waals surface area contributed by atoms with E-state index in [9.17, 15) is 9.59 Å². The molecule has 0 unspecified atom stereocenters. The number of hydrogen-bond acceptors (Lipinski definition) is 2. The van der Waals surface area contributed by atoms with Crippen molar-refractivity contribution in [2.75, 3.05) is 6.54 Å². The summed E-state index contributed by atoms with van der Waals surface area (Å²) in [7, 11) is 2.01. The van der Waals surface area contributed by atoms with E-state index < -0.39 is 0 Å². The molecule has 5 nitrogen and oxygen atoms in total. The Morgan fingerprint density at radius 1 is 1.09 bits per heavy atom. The van der Waals surface area contributed by atoms with Crippen molar-refractivity contribution in [1.29, 1.82) is 0 Å². The first-order chi connectivity index (χ1) is 11.1. The van der Waals surface area contributed by atoms with Crippen molar-refractivity contribution < 1.29 is 9.59 Å². The van der Waals surface area contributed by atoms with E-state index in [1.807, 2.05) is 29.1 Å². The topological polar surface area (TPSA) is 45.6 Å². The third kappa shape index (κ3) is 3.28. The second kappa shape index (κ2) is 5.69. The van der Waals surface area contributed by atoms with Gasteiger partial charge in [-0.1, -0.05) is 0 Å². The van der Waals surface area contributed by atoms with Crippen LogP contribution in [0, 0.1) is 5.92 Å². The molecule has 0 bridgehead atoms. The van der Waals surface area contributed by atoms with E-state index in [2.05, 4.69) is 10.6 Å². The van der Waals surface area contributed by atoms with Gasteiger partial charge >= 0.3 is 0 Å². The van der Waals surface area contributed by atoms with Gasteiger partial charge in [-0.15, -0.1) is 0 Å². The number of nitrogens with zero attached hydrogens (tertiary/aromatic N) is 3. The minimum atomic E-state index is 0.120. The second-order valence-electron chi connectivity index (χ2n) is 7.33.